The Morgan fingerprint density at radius 1 is 1.03 bits per heavy atom. The zero-order valence-electron chi connectivity index (χ0n) is 20.4. The third kappa shape index (κ3) is 4.83. The molecule has 0 radical (unpaired) electrons. The van der Waals surface area contributed by atoms with Crippen LogP contribution in [0, 0.1) is 19.8 Å². The van der Waals surface area contributed by atoms with Gasteiger partial charge >= 0.3 is 0 Å². The van der Waals surface area contributed by atoms with Crippen molar-refractivity contribution in [1.82, 2.24) is 15.1 Å². The Labute approximate surface area is 202 Å². The van der Waals surface area contributed by atoms with Gasteiger partial charge in [-0.05, 0) is 79.6 Å². The molecule has 0 saturated carbocycles. The van der Waals surface area contributed by atoms with E-state index in [0.717, 1.165) is 64.2 Å². The number of likely N-dealkylation sites (tertiary alicyclic amines) is 1. The van der Waals surface area contributed by atoms with Crippen LogP contribution < -0.4 is 10.1 Å². The molecule has 0 bridgehead atoms. The summed E-state index contributed by atoms with van der Waals surface area (Å²) in [4.78, 5) is 30.3. The predicted octanol–water partition coefficient (Wildman–Crippen LogP) is 3.27. The molecule has 5 rings (SSSR count). The van der Waals surface area contributed by atoms with E-state index < -0.39 is 0 Å². The summed E-state index contributed by atoms with van der Waals surface area (Å²) < 4.78 is 5.58. The second-order valence-electron chi connectivity index (χ2n) is 10.0. The number of ether oxygens (including phenoxy) is 1. The lowest BCUT2D eigenvalue weighted by Gasteiger charge is -2.37. The van der Waals surface area contributed by atoms with Crippen LogP contribution in [0.3, 0.4) is 0 Å². The molecule has 6 heteroatoms. The highest BCUT2D eigenvalue weighted by Crippen LogP contribution is 2.27. The van der Waals surface area contributed by atoms with Crippen molar-refractivity contribution < 1.29 is 14.3 Å². The fraction of sp³-hybridized carbons (Fsp3) is 0.500. The number of aryl methyl sites for hydroxylation is 2. The van der Waals surface area contributed by atoms with Gasteiger partial charge in [0.1, 0.15) is 5.75 Å². The second-order valence-corrected chi connectivity index (χ2v) is 10.0. The van der Waals surface area contributed by atoms with E-state index in [1.54, 1.807) is 0 Å². The van der Waals surface area contributed by atoms with Crippen LogP contribution in [0.4, 0.5) is 0 Å². The monoisotopic (exact) mass is 461 g/mol. The zero-order valence-corrected chi connectivity index (χ0v) is 20.4. The Kier molecular flexibility index (Phi) is 6.59. The Morgan fingerprint density at radius 3 is 2.71 bits per heavy atom. The fourth-order valence-electron chi connectivity index (χ4n) is 5.50. The van der Waals surface area contributed by atoms with Crippen LogP contribution in [0.5, 0.6) is 5.75 Å². The van der Waals surface area contributed by atoms with Crippen LogP contribution >= 0.6 is 0 Å². The third-order valence-electron chi connectivity index (χ3n) is 7.67. The number of carbonyl (C=O) groups excluding carboxylic acids is 2. The van der Waals surface area contributed by atoms with Gasteiger partial charge in [-0.25, -0.2) is 0 Å². The third-order valence-corrected chi connectivity index (χ3v) is 7.67. The maximum absolute atomic E-state index is 13.3. The molecule has 3 aliphatic rings. The molecule has 2 aromatic carbocycles. The van der Waals surface area contributed by atoms with Gasteiger partial charge in [0.2, 0.25) is 5.91 Å². The highest BCUT2D eigenvalue weighted by atomic mass is 16.5. The second kappa shape index (κ2) is 9.79. The van der Waals surface area contributed by atoms with E-state index in [-0.39, 0.29) is 17.7 Å². The number of fused-ring (bicyclic) bond motifs is 2. The summed E-state index contributed by atoms with van der Waals surface area (Å²) >= 11 is 0. The van der Waals surface area contributed by atoms with Crippen molar-refractivity contribution >= 4 is 11.8 Å². The average molecular weight is 462 g/mol. The van der Waals surface area contributed by atoms with Crippen molar-refractivity contribution in [1.29, 1.82) is 0 Å². The molecule has 1 fully saturated rings. The van der Waals surface area contributed by atoms with Crippen LogP contribution in [0.2, 0.25) is 0 Å². The van der Waals surface area contributed by atoms with E-state index in [1.165, 1.54) is 27.8 Å². The van der Waals surface area contributed by atoms with E-state index in [9.17, 15) is 9.59 Å². The van der Waals surface area contributed by atoms with Gasteiger partial charge in [-0.2, -0.15) is 0 Å². The summed E-state index contributed by atoms with van der Waals surface area (Å²) in [6.07, 6.45) is 3.83. The molecule has 0 aliphatic carbocycles. The van der Waals surface area contributed by atoms with E-state index in [2.05, 4.69) is 41.1 Å². The molecular formula is C28H35N3O3. The number of carbonyl (C=O) groups is 2. The Bertz CT molecular complexity index is 1100. The topological polar surface area (TPSA) is 61.9 Å². The molecular weight excluding hydrogens is 426 g/mol. The summed E-state index contributed by atoms with van der Waals surface area (Å²) in [5.41, 5.74) is 7.13. The van der Waals surface area contributed by atoms with Gasteiger partial charge in [0.15, 0.2) is 0 Å². The lowest BCUT2D eigenvalue weighted by atomic mass is 9.92. The van der Waals surface area contributed by atoms with Crippen LogP contribution in [0.15, 0.2) is 30.3 Å². The Balaban J connectivity index is 1.12. The lowest BCUT2D eigenvalue weighted by molar-refractivity contribution is -0.138. The summed E-state index contributed by atoms with van der Waals surface area (Å²) in [6.45, 7) is 9.63. The lowest BCUT2D eigenvalue weighted by Crippen LogP contribution is -2.47. The first-order chi connectivity index (χ1) is 16.5. The zero-order chi connectivity index (χ0) is 23.7. The minimum absolute atomic E-state index is 0.0476. The number of nitrogens with zero attached hydrogens (tertiary/aromatic N) is 2. The predicted molar refractivity (Wildman–Crippen MR) is 132 cm³/mol. The van der Waals surface area contributed by atoms with Crippen LogP contribution in [0.25, 0.3) is 0 Å². The van der Waals surface area contributed by atoms with Gasteiger partial charge in [-0.3, -0.25) is 9.59 Å². The molecule has 2 amide bonds. The standard InChI is InChI=1S/C28H35N3O3/c1-19-14-22-7-11-31(18-25(22)15-20(19)2)28(33)24-4-3-10-30(17-24)12-9-29-27(32)23-6-5-21-8-13-34-26(21)16-23/h5-6,14-16,24H,3-4,7-13,17-18H2,1-2H3,(H,29,32). The maximum Gasteiger partial charge on any atom is 0.251 e. The number of hydrogen-bond donors (Lipinski definition) is 1. The highest BCUT2D eigenvalue weighted by Gasteiger charge is 2.31. The molecule has 34 heavy (non-hydrogen) atoms. The van der Waals surface area contributed by atoms with Gasteiger partial charge in [-0.1, -0.05) is 18.2 Å². The molecule has 0 spiro atoms. The summed E-state index contributed by atoms with van der Waals surface area (Å²) in [7, 11) is 0. The molecule has 3 aliphatic heterocycles. The maximum atomic E-state index is 13.3. The van der Waals surface area contributed by atoms with Crippen molar-refractivity contribution in [2.24, 2.45) is 5.92 Å². The average Bonchev–Trinajstić information content (AvgIpc) is 3.32. The van der Waals surface area contributed by atoms with Gasteiger partial charge < -0.3 is 19.9 Å². The molecule has 3 heterocycles. The normalized spacial score (nSPS) is 19.8. The fourth-order valence-corrected chi connectivity index (χ4v) is 5.50. The molecule has 1 saturated heterocycles. The molecule has 1 unspecified atom stereocenters. The number of benzene rings is 2. The van der Waals surface area contributed by atoms with E-state index in [4.69, 9.17) is 4.74 Å². The van der Waals surface area contributed by atoms with Gasteiger partial charge in [-0.15, -0.1) is 0 Å². The van der Waals surface area contributed by atoms with Crippen molar-refractivity contribution in [3.8, 4) is 5.75 Å². The Morgan fingerprint density at radius 2 is 1.85 bits per heavy atom. The van der Waals surface area contributed by atoms with Crippen molar-refractivity contribution in [2.45, 2.75) is 46.1 Å². The largest absolute Gasteiger partial charge is 0.493 e. The molecule has 1 N–H and O–H groups in total. The van der Waals surface area contributed by atoms with Crippen LogP contribution in [0.1, 0.15) is 51.0 Å². The molecule has 2 aromatic rings. The number of piperidine rings is 1. The SMILES string of the molecule is Cc1cc2c(cc1C)CN(C(=O)C1CCCN(CCNC(=O)c3ccc4c(c3)OCC4)C1)CC2. The minimum Gasteiger partial charge on any atom is -0.493 e. The molecule has 6 nitrogen and oxygen atoms in total. The van der Waals surface area contributed by atoms with E-state index in [1.807, 2.05) is 18.2 Å². The number of hydrogen-bond acceptors (Lipinski definition) is 4. The van der Waals surface area contributed by atoms with Crippen molar-refractivity contribution in [3.63, 3.8) is 0 Å². The molecule has 180 valence electrons. The van der Waals surface area contributed by atoms with Crippen LogP contribution in [-0.2, 0) is 24.2 Å². The number of rotatable bonds is 5. The Hall–Kier alpha value is -2.86. The van der Waals surface area contributed by atoms with E-state index >= 15 is 0 Å². The van der Waals surface area contributed by atoms with Gasteiger partial charge in [0.05, 0.1) is 12.5 Å². The molecule has 0 aromatic heterocycles. The highest BCUT2D eigenvalue weighted by molar-refractivity contribution is 5.94. The van der Waals surface area contributed by atoms with Gasteiger partial charge in [0, 0.05) is 44.7 Å². The first-order valence-electron chi connectivity index (χ1n) is 12.6. The molecule has 1 atom stereocenters. The first kappa shape index (κ1) is 22.9. The first-order valence-corrected chi connectivity index (χ1v) is 12.6. The quantitative estimate of drug-likeness (QED) is 0.743. The summed E-state index contributed by atoms with van der Waals surface area (Å²) in [6, 6.07) is 10.2. The summed E-state index contributed by atoms with van der Waals surface area (Å²) in [5, 5.41) is 3.03. The van der Waals surface area contributed by atoms with E-state index in [0.29, 0.717) is 18.7 Å². The van der Waals surface area contributed by atoms with Gasteiger partial charge in [0.25, 0.3) is 5.91 Å². The minimum atomic E-state index is -0.0690. The van der Waals surface area contributed by atoms with Crippen molar-refractivity contribution in [3.05, 3.63) is 63.7 Å². The summed E-state index contributed by atoms with van der Waals surface area (Å²) in [5.74, 6) is 1.10. The van der Waals surface area contributed by atoms with Crippen molar-refractivity contribution in [2.75, 3.05) is 39.3 Å². The number of amides is 2. The number of nitrogens with one attached hydrogen (secondary N) is 1. The smallest absolute Gasteiger partial charge is 0.251 e. The van der Waals surface area contributed by atoms with Crippen LogP contribution in [-0.4, -0.2) is 60.9 Å².